The van der Waals surface area contributed by atoms with Crippen molar-refractivity contribution in [3.05, 3.63) is 23.1 Å². The van der Waals surface area contributed by atoms with Crippen LogP contribution in [0.5, 0.6) is 0 Å². The van der Waals surface area contributed by atoms with Crippen LogP contribution in [0.15, 0.2) is 6.20 Å². The van der Waals surface area contributed by atoms with Gasteiger partial charge in [0.25, 0.3) is 0 Å². The van der Waals surface area contributed by atoms with Crippen molar-refractivity contribution in [1.82, 2.24) is 24.8 Å². The van der Waals surface area contributed by atoms with Gasteiger partial charge in [0, 0.05) is 7.05 Å². The Kier molecular flexibility index (Phi) is 3.51. The summed E-state index contributed by atoms with van der Waals surface area (Å²) >= 11 is 0. The van der Waals surface area contributed by atoms with Crippen LogP contribution in [-0.4, -0.2) is 43.3 Å². The molecule has 0 saturated carbocycles. The zero-order valence-corrected chi connectivity index (χ0v) is 11.3. The van der Waals surface area contributed by atoms with Crippen LogP contribution in [0.2, 0.25) is 0 Å². The standard InChI is InChI=1S/C11H14N6O3/c1-4-20-11(19)8-6(2)14-17(9(8)12)10(18)7-5-16(3)15-13-7/h5H,4,12H2,1-3H3. The number of aryl methyl sites for hydroxylation is 2. The Morgan fingerprint density at radius 3 is 2.70 bits per heavy atom. The third-order valence-electron chi connectivity index (χ3n) is 2.59. The molecule has 0 radical (unpaired) electrons. The maximum absolute atomic E-state index is 12.2. The molecule has 2 aromatic rings. The summed E-state index contributed by atoms with van der Waals surface area (Å²) < 4.78 is 7.18. The molecule has 2 heterocycles. The van der Waals surface area contributed by atoms with Gasteiger partial charge in [0.2, 0.25) is 0 Å². The molecule has 2 rings (SSSR count). The molecular weight excluding hydrogens is 264 g/mol. The van der Waals surface area contributed by atoms with E-state index in [9.17, 15) is 9.59 Å². The number of anilines is 1. The first-order valence-electron chi connectivity index (χ1n) is 5.89. The molecule has 9 nitrogen and oxygen atoms in total. The smallest absolute Gasteiger partial charge is 0.343 e. The number of hydrogen-bond donors (Lipinski definition) is 1. The van der Waals surface area contributed by atoms with Crippen LogP contribution in [0.1, 0.15) is 33.5 Å². The van der Waals surface area contributed by atoms with E-state index in [0.717, 1.165) is 4.68 Å². The van der Waals surface area contributed by atoms with Crippen molar-refractivity contribution in [2.24, 2.45) is 7.05 Å². The number of aromatic nitrogens is 5. The number of carbonyl (C=O) groups is 2. The fraction of sp³-hybridized carbons (Fsp3) is 0.364. The summed E-state index contributed by atoms with van der Waals surface area (Å²) in [4.78, 5) is 23.9. The molecule has 0 aliphatic rings. The summed E-state index contributed by atoms with van der Waals surface area (Å²) in [5, 5.41) is 11.3. The Hall–Kier alpha value is -2.71. The minimum Gasteiger partial charge on any atom is -0.462 e. The van der Waals surface area contributed by atoms with Gasteiger partial charge in [-0.05, 0) is 13.8 Å². The van der Waals surface area contributed by atoms with E-state index in [1.807, 2.05) is 0 Å². The van der Waals surface area contributed by atoms with Crippen LogP contribution in [0.3, 0.4) is 0 Å². The summed E-state index contributed by atoms with van der Waals surface area (Å²) in [5.74, 6) is -1.24. The summed E-state index contributed by atoms with van der Waals surface area (Å²) in [6.45, 7) is 3.46. The SMILES string of the molecule is CCOC(=O)c1c(C)nn(C(=O)c2cn(C)nn2)c1N. The van der Waals surface area contributed by atoms with Crippen molar-refractivity contribution in [3.8, 4) is 0 Å². The van der Waals surface area contributed by atoms with Crippen molar-refractivity contribution in [2.45, 2.75) is 13.8 Å². The van der Waals surface area contributed by atoms with Crippen LogP contribution in [0.25, 0.3) is 0 Å². The highest BCUT2D eigenvalue weighted by Gasteiger charge is 2.25. The third kappa shape index (κ3) is 2.25. The first kappa shape index (κ1) is 13.7. The Morgan fingerprint density at radius 2 is 2.15 bits per heavy atom. The molecule has 0 bridgehead atoms. The van der Waals surface area contributed by atoms with E-state index in [1.54, 1.807) is 20.9 Å². The summed E-state index contributed by atoms with van der Waals surface area (Å²) in [6, 6.07) is 0. The number of nitrogens with zero attached hydrogens (tertiary/aromatic N) is 5. The van der Waals surface area contributed by atoms with E-state index in [0.29, 0.717) is 5.69 Å². The lowest BCUT2D eigenvalue weighted by molar-refractivity contribution is 0.0527. The van der Waals surface area contributed by atoms with Crippen molar-refractivity contribution in [2.75, 3.05) is 12.3 Å². The van der Waals surface area contributed by atoms with Crippen molar-refractivity contribution >= 4 is 17.7 Å². The molecule has 0 aliphatic heterocycles. The van der Waals surface area contributed by atoms with Crippen LogP contribution in [0, 0.1) is 6.92 Å². The first-order chi connectivity index (χ1) is 9.45. The van der Waals surface area contributed by atoms with E-state index in [1.165, 1.54) is 10.9 Å². The molecule has 0 amide bonds. The van der Waals surface area contributed by atoms with Gasteiger partial charge in [-0.25, -0.2) is 4.79 Å². The van der Waals surface area contributed by atoms with Gasteiger partial charge < -0.3 is 10.5 Å². The van der Waals surface area contributed by atoms with Gasteiger partial charge in [0.05, 0.1) is 18.5 Å². The van der Waals surface area contributed by atoms with E-state index in [2.05, 4.69) is 15.4 Å². The van der Waals surface area contributed by atoms with Gasteiger partial charge in [0.1, 0.15) is 11.4 Å². The number of rotatable bonds is 3. The second kappa shape index (κ2) is 5.11. The largest absolute Gasteiger partial charge is 0.462 e. The number of carbonyl (C=O) groups excluding carboxylic acids is 2. The Morgan fingerprint density at radius 1 is 1.45 bits per heavy atom. The van der Waals surface area contributed by atoms with Crippen molar-refractivity contribution in [3.63, 3.8) is 0 Å². The zero-order chi connectivity index (χ0) is 14.9. The lowest BCUT2D eigenvalue weighted by atomic mass is 10.2. The fourth-order valence-corrected chi connectivity index (χ4v) is 1.71. The average Bonchev–Trinajstić information content (AvgIpc) is 2.93. The average molecular weight is 278 g/mol. The molecule has 9 heteroatoms. The summed E-state index contributed by atoms with van der Waals surface area (Å²) in [6.07, 6.45) is 1.43. The number of nitrogens with two attached hydrogens (primary N) is 1. The van der Waals surface area contributed by atoms with Crippen molar-refractivity contribution < 1.29 is 14.3 Å². The molecular formula is C11H14N6O3. The molecule has 0 aromatic carbocycles. The van der Waals surface area contributed by atoms with Crippen LogP contribution in [0.4, 0.5) is 5.82 Å². The molecule has 2 aromatic heterocycles. The minimum atomic E-state index is -0.610. The Labute approximate surface area is 114 Å². The normalized spacial score (nSPS) is 10.6. The van der Waals surface area contributed by atoms with Gasteiger partial charge >= 0.3 is 11.9 Å². The highest BCUT2D eigenvalue weighted by atomic mass is 16.5. The Balaban J connectivity index is 2.42. The first-order valence-corrected chi connectivity index (χ1v) is 5.89. The van der Waals surface area contributed by atoms with Gasteiger partial charge in [-0.3, -0.25) is 9.48 Å². The topological polar surface area (TPSA) is 118 Å². The molecule has 0 unspecified atom stereocenters. The second-order valence-corrected chi connectivity index (χ2v) is 4.06. The molecule has 0 atom stereocenters. The summed E-state index contributed by atoms with van der Waals surface area (Å²) in [7, 11) is 1.63. The number of ether oxygens (including phenoxy) is 1. The third-order valence-corrected chi connectivity index (χ3v) is 2.59. The quantitative estimate of drug-likeness (QED) is 0.770. The number of esters is 1. The lowest BCUT2D eigenvalue weighted by Gasteiger charge is -2.02. The lowest BCUT2D eigenvalue weighted by Crippen LogP contribution is -2.17. The molecule has 106 valence electrons. The predicted molar refractivity (Wildman–Crippen MR) is 68.1 cm³/mol. The number of hydrogen-bond acceptors (Lipinski definition) is 7. The zero-order valence-electron chi connectivity index (χ0n) is 11.3. The summed E-state index contributed by atoms with van der Waals surface area (Å²) in [5.41, 5.74) is 6.29. The van der Waals surface area contributed by atoms with Gasteiger partial charge in [0.15, 0.2) is 5.69 Å². The van der Waals surface area contributed by atoms with Gasteiger partial charge in [-0.2, -0.15) is 9.78 Å². The van der Waals surface area contributed by atoms with Crippen LogP contribution in [-0.2, 0) is 11.8 Å². The van der Waals surface area contributed by atoms with E-state index in [-0.39, 0.29) is 23.7 Å². The highest BCUT2D eigenvalue weighted by Crippen LogP contribution is 2.18. The minimum absolute atomic E-state index is 0.0726. The van der Waals surface area contributed by atoms with Gasteiger partial charge in [-0.1, -0.05) is 5.21 Å². The van der Waals surface area contributed by atoms with Crippen LogP contribution < -0.4 is 5.73 Å². The molecule has 0 saturated heterocycles. The maximum atomic E-state index is 12.2. The molecule has 20 heavy (non-hydrogen) atoms. The van der Waals surface area contributed by atoms with Crippen LogP contribution >= 0.6 is 0 Å². The Bertz CT molecular complexity index is 672. The predicted octanol–water partition coefficient (Wildman–Crippen LogP) is -0.233. The van der Waals surface area contributed by atoms with E-state index >= 15 is 0 Å². The highest BCUT2D eigenvalue weighted by molar-refractivity contribution is 6.01. The maximum Gasteiger partial charge on any atom is 0.343 e. The second-order valence-electron chi connectivity index (χ2n) is 4.06. The van der Waals surface area contributed by atoms with E-state index in [4.69, 9.17) is 10.5 Å². The van der Waals surface area contributed by atoms with Crippen molar-refractivity contribution in [1.29, 1.82) is 0 Å². The van der Waals surface area contributed by atoms with Gasteiger partial charge in [-0.15, -0.1) is 5.10 Å². The number of nitrogen functional groups attached to an aromatic ring is 1. The molecule has 0 aliphatic carbocycles. The molecule has 0 spiro atoms. The molecule has 2 N–H and O–H groups in total. The van der Waals surface area contributed by atoms with E-state index < -0.39 is 11.9 Å². The molecule has 0 fully saturated rings. The monoisotopic (exact) mass is 278 g/mol. The fourth-order valence-electron chi connectivity index (χ4n) is 1.71.